The van der Waals surface area contributed by atoms with Crippen molar-refractivity contribution in [1.29, 1.82) is 0 Å². The quantitative estimate of drug-likeness (QED) is 0.0556. The van der Waals surface area contributed by atoms with E-state index in [1.54, 1.807) is 39.7 Å². The summed E-state index contributed by atoms with van der Waals surface area (Å²) < 4.78 is 50.0. The van der Waals surface area contributed by atoms with Crippen LogP contribution in [0, 0.1) is 5.92 Å². The molecule has 1 aliphatic heterocycles. The molecule has 65 heavy (non-hydrogen) atoms. The van der Waals surface area contributed by atoms with Gasteiger partial charge in [0.05, 0.1) is 33.8 Å². The fourth-order valence-electron chi connectivity index (χ4n) is 8.09. The first-order valence-corrected chi connectivity index (χ1v) is 22.9. The number of imidazole rings is 1. The lowest BCUT2D eigenvalue weighted by atomic mass is 9.80. The van der Waals surface area contributed by atoms with Crippen molar-refractivity contribution in [1.82, 2.24) is 24.2 Å². The summed E-state index contributed by atoms with van der Waals surface area (Å²) in [5.41, 5.74) is 2.06. The Kier molecular flexibility index (Phi) is 15.5. The van der Waals surface area contributed by atoms with Gasteiger partial charge in [-0.2, -0.15) is 4.98 Å². The number of ether oxygens (including phenoxy) is 5. The number of amides is 1. The molecule has 16 heteroatoms. The molecular weight excluding hydrogens is 848 g/mol. The van der Waals surface area contributed by atoms with Crippen molar-refractivity contribution < 1.29 is 37.5 Å². The van der Waals surface area contributed by atoms with Gasteiger partial charge in [0.15, 0.2) is 17.4 Å². The standard InChI is InChI=1S/C49H59N6O9P/c1-31(2)45(56)52-48-51-44-41(46(57)53-48)50-30-54(44)47-43(60-9)42(64-65(55(32(3)4)33(5)6)62-28-34-16-12-10-13-17-34)40(63-47)29-61-49(35-18-14-11-15-19-35,36-20-24-38(58-7)25-21-36)37-22-26-39(59-8)27-23-37/h10-27,30-33,40,42-43,47H,28-29H2,1-9H3,(H2,51,52,53,56,57)/t40-,42-,43-,47-,65?/m1/s1. The predicted octanol–water partition coefficient (Wildman–Crippen LogP) is 8.60. The van der Waals surface area contributed by atoms with Gasteiger partial charge in [-0.25, -0.2) is 9.65 Å². The second-order valence-corrected chi connectivity index (χ2v) is 18.0. The van der Waals surface area contributed by atoms with Crippen molar-refractivity contribution in [2.45, 2.75) is 90.4 Å². The highest BCUT2D eigenvalue weighted by Crippen LogP contribution is 2.52. The van der Waals surface area contributed by atoms with Crippen LogP contribution in [0.5, 0.6) is 11.5 Å². The van der Waals surface area contributed by atoms with Crippen LogP contribution in [0.2, 0.25) is 0 Å². The number of methoxy groups -OCH3 is 3. The molecule has 1 aliphatic rings. The lowest BCUT2D eigenvalue weighted by Gasteiger charge is -2.39. The Bertz CT molecular complexity index is 2460. The number of nitrogens with zero attached hydrogens (tertiary/aromatic N) is 4. The predicted molar refractivity (Wildman–Crippen MR) is 250 cm³/mol. The maximum Gasteiger partial charge on any atom is 0.280 e. The number of benzene rings is 4. The Balaban J connectivity index is 1.36. The van der Waals surface area contributed by atoms with E-state index in [-0.39, 0.29) is 47.6 Å². The molecule has 0 bridgehead atoms. The van der Waals surface area contributed by atoms with Crippen LogP contribution in [0.1, 0.15) is 70.0 Å². The molecule has 1 amide bonds. The third-order valence-electron chi connectivity index (χ3n) is 11.3. The summed E-state index contributed by atoms with van der Waals surface area (Å²) in [6.45, 7) is 12.2. The number of carbonyl (C=O) groups is 1. The van der Waals surface area contributed by atoms with Crippen LogP contribution < -0.4 is 20.3 Å². The number of aromatic amines is 1. The Hall–Kier alpha value is -5.51. The monoisotopic (exact) mass is 906 g/mol. The van der Waals surface area contributed by atoms with Gasteiger partial charge in [0.2, 0.25) is 11.9 Å². The fraction of sp³-hybridized carbons (Fsp3) is 0.388. The van der Waals surface area contributed by atoms with Gasteiger partial charge in [-0.3, -0.25) is 24.5 Å². The number of anilines is 1. The zero-order valence-electron chi connectivity index (χ0n) is 38.3. The van der Waals surface area contributed by atoms with E-state index in [1.807, 2.05) is 109 Å². The summed E-state index contributed by atoms with van der Waals surface area (Å²) >= 11 is 0. The normalized spacial score (nSPS) is 18.2. The molecule has 2 N–H and O–H groups in total. The van der Waals surface area contributed by atoms with E-state index < -0.39 is 44.2 Å². The molecule has 2 aromatic heterocycles. The van der Waals surface area contributed by atoms with Crippen molar-refractivity contribution >= 4 is 31.5 Å². The van der Waals surface area contributed by atoms with E-state index in [9.17, 15) is 9.59 Å². The van der Waals surface area contributed by atoms with Crippen molar-refractivity contribution in [3.05, 3.63) is 148 Å². The smallest absolute Gasteiger partial charge is 0.280 e. The Morgan fingerprint density at radius 2 is 1.38 bits per heavy atom. The van der Waals surface area contributed by atoms with Gasteiger partial charge in [0.25, 0.3) is 14.1 Å². The van der Waals surface area contributed by atoms with Crippen LogP contribution in [0.3, 0.4) is 0 Å². The summed E-state index contributed by atoms with van der Waals surface area (Å²) in [7, 11) is 3.09. The fourth-order valence-corrected chi connectivity index (χ4v) is 9.87. The summed E-state index contributed by atoms with van der Waals surface area (Å²) in [5.74, 6) is 0.704. The largest absolute Gasteiger partial charge is 0.497 e. The average Bonchev–Trinajstić information content (AvgIpc) is 3.90. The lowest BCUT2D eigenvalue weighted by molar-refractivity contribution is -0.118. The van der Waals surface area contributed by atoms with E-state index >= 15 is 0 Å². The van der Waals surface area contributed by atoms with Crippen molar-refractivity contribution in [3.63, 3.8) is 0 Å². The first-order valence-electron chi connectivity index (χ1n) is 21.7. The number of fused-ring (bicyclic) bond motifs is 1. The van der Waals surface area contributed by atoms with Gasteiger partial charge in [-0.1, -0.05) is 98.8 Å². The van der Waals surface area contributed by atoms with Crippen molar-refractivity contribution in [2.75, 3.05) is 33.3 Å². The molecule has 344 valence electrons. The van der Waals surface area contributed by atoms with Crippen molar-refractivity contribution in [3.8, 4) is 11.5 Å². The highest BCUT2D eigenvalue weighted by Gasteiger charge is 2.51. The second kappa shape index (κ2) is 21.2. The second-order valence-electron chi connectivity index (χ2n) is 16.6. The topological polar surface area (TPSA) is 161 Å². The molecule has 3 heterocycles. The summed E-state index contributed by atoms with van der Waals surface area (Å²) in [4.78, 5) is 37.9. The molecule has 0 radical (unpaired) electrons. The molecule has 1 saturated heterocycles. The average molecular weight is 907 g/mol. The lowest BCUT2D eigenvalue weighted by Crippen LogP contribution is -2.42. The molecule has 0 saturated carbocycles. The third-order valence-corrected chi connectivity index (χ3v) is 13.4. The molecular formula is C49H59N6O9P. The van der Waals surface area contributed by atoms with Gasteiger partial charge in [-0.15, -0.1) is 0 Å². The van der Waals surface area contributed by atoms with Gasteiger partial charge in [0.1, 0.15) is 35.4 Å². The van der Waals surface area contributed by atoms with E-state index in [2.05, 4.69) is 52.6 Å². The number of H-pyrrole nitrogens is 1. The minimum atomic E-state index is -1.77. The molecule has 6 aromatic rings. The molecule has 1 fully saturated rings. The Morgan fingerprint density at radius 3 is 1.92 bits per heavy atom. The Labute approximate surface area is 381 Å². The minimum absolute atomic E-state index is 0.0171. The van der Waals surface area contributed by atoms with Crippen molar-refractivity contribution in [2.24, 2.45) is 5.92 Å². The van der Waals surface area contributed by atoms with E-state index in [4.69, 9.17) is 32.7 Å². The summed E-state index contributed by atoms with van der Waals surface area (Å²) in [6.07, 6.45) is -1.88. The molecule has 4 aromatic carbocycles. The molecule has 15 nitrogen and oxygen atoms in total. The van der Waals surface area contributed by atoms with Gasteiger partial charge in [0, 0.05) is 25.1 Å². The zero-order chi connectivity index (χ0) is 46.3. The zero-order valence-corrected chi connectivity index (χ0v) is 39.2. The van der Waals surface area contributed by atoms with Gasteiger partial charge >= 0.3 is 0 Å². The molecule has 0 aliphatic carbocycles. The minimum Gasteiger partial charge on any atom is -0.497 e. The first kappa shape index (κ1) is 47.5. The highest BCUT2D eigenvalue weighted by atomic mass is 31.2. The van der Waals surface area contributed by atoms with Crippen LogP contribution in [0.4, 0.5) is 5.95 Å². The van der Waals surface area contributed by atoms with Crippen LogP contribution in [0.15, 0.2) is 120 Å². The molecule has 1 unspecified atom stereocenters. The number of rotatable bonds is 20. The maximum atomic E-state index is 13.4. The van der Waals surface area contributed by atoms with Crippen LogP contribution in [-0.2, 0) is 40.3 Å². The number of carbonyl (C=O) groups excluding carboxylic acids is 1. The molecule has 5 atom stereocenters. The summed E-state index contributed by atoms with van der Waals surface area (Å²) in [6, 6.07) is 35.7. The van der Waals surface area contributed by atoms with E-state index in [0.29, 0.717) is 18.1 Å². The van der Waals surface area contributed by atoms with Crippen LogP contribution >= 0.6 is 8.53 Å². The third kappa shape index (κ3) is 10.3. The number of hydrogen-bond acceptors (Lipinski definition) is 12. The molecule has 7 rings (SSSR count). The molecule has 0 spiro atoms. The number of nitrogens with one attached hydrogen (secondary N) is 2. The highest BCUT2D eigenvalue weighted by molar-refractivity contribution is 7.44. The SMILES string of the molecule is COc1ccc(C(OC[C@H]2O[C@@H](n3cnc4c(=O)[nH]c(NC(=O)C(C)C)nc43)[C@H](OC)[C@@H]2OP(OCc2ccccc2)N(C(C)C)C(C)C)(c2ccccc2)c2ccc(OC)cc2)cc1. The van der Waals surface area contributed by atoms with Crippen LogP contribution in [-0.4, -0.2) is 88.4 Å². The van der Waals surface area contributed by atoms with E-state index in [0.717, 1.165) is 22.3 Å². The maximum absolute atomic E-state index is 13.4. The van der Waals surface area contributed by atoms with Crippen LogP contribution in [0.25, 0.3) is 11.2 Å². The first-order chi connectivity index (χ1) is 31.4. The van der Waals surface area contributed by atoms with Gasteiger partial charge in [-0.05, 0) is 74.2 Å². The van der Waals surface area contributed by atoms with E-state index in [1.165, 1.54) is 6.33 Å². The number of aromatic nitrogens is 4. The number of hydrogen-bond donors (Lipinski definition) is 2. The Morgan fingerprint density at radius 1 is 0.815 bits per heavy atom. The van der Waals surface area contributed by atoms with Gasteiger partial charge < -0.3 is 32.7 Å². The summed E-state index contributed by atoms with van der Waals surface area (Å²) in [5, 5.41) is 2.71.